The lowest BCUT2D eigenvalue weighted by Gasteiger charge is -2.30. The Labute approximate surface area is 132 Å². The second kappa shape index (κ2) is 6.99. The van der Waals surface area contributed by atoms with Crippen molar-refractivity contribution < 1.29 is 4.74 Å². The first-order valence-electron chi connectivity index (χ1n) is 8.06. The second-order valence-electron chi connectivity index (χ2n) is 6.28. The number of rotatable bonds is 6. The van der Waals surface area contributed by atoms with E-state index >= 15 is 0 Å². The van der Waals surface area contributed by atoms with Crippen molar-refractivity contribution >= 4 is 11.6 Å². The average Bonchev–Trinajstić information content (AvgIpc) is 3.32. The summed E-state index contributed by atoms with van der Waals surface area (Å²) in [7, 11) is 1.66. The number of methoxy groups -OCH3 is 1. The number of nitrogens with one attached hydrogen (secondary N) is 1. The number of hydrogen-bond donors (Lipinski definition) is 1. The predicted octanol–water partition coefficient (Wildman–Crippen LogP) is 3.46. The van der Waals surface area contributed by atoms with Crippen LogP contribution in [0, 0.1) is 0 Å². The molecular weight excluding hydrogens is 284 g/mol. The molecule has 2 aliphatic rings. The van der Waals surface area contributed by atoms with Crippen molar-refractivity contribution in [3.63, 3.8) is 0 Å². The number of ether oxygens (including phenoxy) is 1. The summed E-state index contributed by atoms with van der Waals surface area (Å²) in [4.78, 5) is 2.63. The van der Waals surface area contributed by atoms with Crippen molar-refractivity contribution in [1.29, 1.82) is 0 Å². The van der Waals surface area contributed by atoms with Crippen molar-refractivity contribution in [2.75, 3.05) is 20.2 Å². The van der Waals surface area contributed by atoms with Gasteiger partial charge in [-0.2, -0.15) is 0 Å². The van der Waals surface area contributed by atoms with Gasteiger partial charge in [0, 0.05) is 25.2 Å². The predicted molar refractivity (Wildman–Crippen MR) is 87.1 cm³/mol. The summed E-state index contributed by atoms with van der Waals surface area (Å²) in [6, 6.07) is 7.59. The standard InChI is InChI=1S/C17H25ClN2O/c1-21-17-8-5-13(10-16(17)18)11-20(15-6-7-15)12-14-4-2-3-9-19-14/h5,8,10,14-15,19H,2-4,6-7,9,11-12H2,1H3. The van der Waals surface area contributed by atoms with E-state index in [9.17, 15) is 0 Å². The van der Waals surface area contributed by atoms with E-state index in [-0.39, 0.29) is 0 Å². The second-order valence-corrected chi connectivity index (χ2v) is 6.68. The molecule has 1 aliphatic heterocycles. The third-order valence-corrected chi connectivity index (χ3v) is 4.83. The van der Waals surface area contributed by atoms with E-state index in [0.29, 0.717) is 11.1 Å². The van der Waals surface area contributed by atoms with Gasteiger partial charge >= 0.3 is 0 Å². The molecule has 1 aromatic rings. The molecule has 1 saturated carbocycles. The van der Waals surface area contributed by atoms with E-state index in [2.05, 4.69) is 16.3 Å². The van der Waals surface area contributed by atoms with E-state index in [4.69, 9.17) is 16.3 Å². The lowest BCUT2D eigenvalue weighted by molar-refractivity contribution is 0.208. The number of benzene rings is 1. The molecule has 3 nitrogen and oxygen atoms in total. The minimum absolute atomic E-state index is 0.660. The first kappa shape index (κ1) is 15.1. The van der Waals surface area contributed by atoms with E-state index in [0.717, 1.165) is 24.9 Å². The molecule has 0 spiro atoms. The zero-order valence-corrected chi connectivity index (χ0v) is 13.5. The minimum atomic E-state index is 0.660. The quantitative estimate of drug-likeness (QED) is 0.871. The fourth-order valence-corrected chi connectivity index (χ4v) is 3.47. The number of halogens is 1. The number of hydrogen-bond acceptors (Lipinski definition) is 3. The van der Waals surface area contributed by atoms with Gasteiger partial charge in [0.05, 0.1) is 12.1 Å². The van der Waals surface area contributed by atoms with Crippen LogP contribution in [0.25, 0.3) is 0 Å². The van der Waals surface area contributed by atoms with Gasteiger partial charge < -0.3 is 10.1 Å². The number of nitrogens with zero attached hydrogens (tertiary/aromatic N) is 1. The molecule has 0 radical (unpaired) electrons. The van der Waals surface area contributed by atoms with Crippen molar-refractivity contribution in [2.24, 2.45) is 0 Å². The van der Waals surface area contributed by atoms with Crippen LogP contribution in [0.2, 0.25) is 5.02 Å². The van der Waals surface area contributed by atoms with Gasteiger partial charge in [-0.25, -0.2) is 0 Å². The molecule has 2 fully saturated rings. The summed E-state index contributed by atoms with van der Waals surface area (Å²) >= 11 is 6.24. The molecule has 3 rings (SSSR count). The first-order valence-corrected chi connectivity index (χ1v) is 8.44. The molecule has 4 heteroatoms. The SMILES string of the molecule is COc1ccc(CN(CC2CCCCN2)C2CC2)cc1Cl. The molecule has 1 heterocycles. The van der Waals surface area contributed by atoms with Gasteiger partial charge in [0.1, 0.15) is 5.75 Å². The highest BCUT2D eigenvalue weighted by Crippen LogP contribution is 2.31. The van der Waals surface area contributed by atoms with E-state index in [1.54, 1.807) is 7.11 Å². The van der Waals surface area contributed by atoms with E-state index < -0.39 is 0 Å². The molecule has 1 atom stereocenters. The van der Waals surface area contributed by atoms with Crippen LogP contribution in [-0.2, 0) is 6.54 Å². The largest absolute Gasteiger partial charge is 0.495 e. The smallest absolute Gasteiger partial charge is 0.137 e. The van der Waals surface area contributed by atoms with Gasteiger partial charge in [0.15, 0.2) is 0 Å². The normalized spacial score (nSPS) is 22.5. The minimum Gasteiger partial charge on any atom is -0.495 e. The Morgan fingerprint density at radius 2 is 2.14 bits per heavy atom. The lowest BCUT2D eigenvalue weighted by atomic mass is 10.0. The Balaban J connectivity index is 1.63. The van der Waals surface area contributed by atoms with Gasteiger partial charge in [-0.15, -0.1) is 0 Å². The molecule has 1 saturated heterocycles. The van der Waals surface area contributed by atoms with Crippen molar-refractivity contribution in [2.45, 2.75) is 50.7 Å². The van der Waals surface area contributed by atoms with Crippen LogP contribution in [0.5, 0.6) is 5.75 Å². The Bertz CT molecular complexity index is 470. The zero-order chi connectivity index (χ0) is 14.7. The van der Waals surface area contributed by atoms with Crippen molar-refractivity contribution in [3.05, 3.63) is 28.8 Å². The maximum atomic E-state index is 6.24. The van der Waals surface area contributed by atoms with Crippen molar-refractivity contribution in [3.8, 4) is 5.75 Å². The molecule has 0 amide bonds. The molecule has 21 heavy (non-hydrogen) atoms. The third-order valence-electron chi connectivity index (χ3n) is 4.53. The van der Waals surface area contributed by atoms with Gasteiger partial charge in [-0.3, -0.25) is 4.90 Å². The maximum Gasteiger partial charge on any atom is 0.137 e. The third kappa shape index (κ3) is 4.12. The van der Waals surface area contributed by atoms with Crippen LogP contribution in [0.3, 0.4) is 0 Å². The molecule has 1 N–H and O–H groups in total. The summed E-state index contributed by atoms with van der Waals surface area (Å²) < 4.78 is 5.23. The molecular formula is C17H25ClN2O. The zero-order valence-electron chi connectivity index (χ0n) is 12.8. The Morgan fingerprint density at radius 3 is 2.76 bits per heavy atom. The molecule has 1 unspecified atom stereocenters. The summed E-state index contributed by atoms with van der Waals surface area (Å²) in [5.41, 5.74) is 1.28. The molecule has 1 aliphatic carbocycles. The fraction of sp³-hybridized carbons (Fsp3) is 0.647. The van der Waals surface area contributed by atoms with Crippen LogP contribution in [0.4, 0.5) is 0 Å². The average molecular weight is 309 g/mol. The van der Waals surface area contributed by atoms with Crippen LogP contribution >= 0.6 is 11.6 Å². The monoisotopic (exact) mass is 308 g/mol. The van der Waals surface area contributed by atoms with Gasteiger partial charge in [-0.1, -0.05) is 24.1 Å². The fourth-order valence-electron chi connectivity index (χ4n) is 3.19. The van der Waals surface area contributed by atoms with Crippen LogP contribution in [0.1, 0.15) is 37.7 Å². The highest BCUT2D eigenvalue weighted by Gasteiger charge is 2.30. The molecule has 0 bridgehead atoms. The van der Waals surface area contributed by atoms with Crippen LogP contribution in [0.15, 0.2) is 18.2 Å². The Hall–Kier alpha value is -0.770. The van der Waals surface area contributed by atoms with Gasteiger partial charge in [-0.05, 0) is 49.9 Å². The lowest BCUT2D eigenvalue weighted by Crippen LogP contribution is -2.44. The number of piperidine rings is 1. The molecule has 1 aromatic carbocycles. The van der Waals surface area contributed by atoms with Crippen LogP contribution in [-0.4, -0.2) is 37.2 Å². The summed E-state index contributed by atoms with van der Waals surface area (Å²) in [5, 5.41) is 4.37. The Kier molecular flexibility index (Phi) is 5.04. The van der Waals surface area contributed by atoms with Gasteiger partial charge in [0.25, 0.3) is 0 Å². The van der Waals surface area contributed by atoms with E-state index in [1.807, 2.05) is 12.1 Å². The van der Waals surface area contributed by atoms with Crippen LogP contribution < -0.4 is 10.1 Å². The molecule has 116 valence electrons. The highest BCUT2D eigenvalue weighted by molar-refractivity contribution is 6.32. The topological polar surface area (TPSA) is 24.5 Å². The first-order chi connectivity index (χ1) is 10.3. The highest BCUT2D eigenvalue weighted by atomic mass is 35.5. The summed E-state index contributed by atoms with van der Waals surface area (Å²) in [6.45, 7) is 3.33. The maximum absolute atomic E-state index is 6.24. The molecule has 0 aromatic heterocycles. The Morgan fingerprint density at radius 1 is 1.29 bits per heavy atom. The van der Waals surface area contributed by atoms with Gasteiger partial charge in [0.2, 0.25) is 0 Å². The van der Waals surface area contributed by atoms with Crippen molar-refractivity contribution in [1.82, 2.24) is 10.2 Å². The van der Waals surface area contributed by atoms with E-state index in [1.165, 1.54) is 44.2 Å². The summed E-state index contributed by atoms with van der Waals surface area (Å²) in [5.74, 6) is 0.757. The summed E-state index contributed by atoms with van der Waals surface area (Å²) in [6.07, 6.45) is 6.69.